The summed E-state index contributed by atoms with van der Waals surface area (Å²) in [5.74, 6) is 0.535. The molecule has 0 amide bonds. The molecule has 1 aliphatic carbocycles. The summed E-state index contributed by atoms with van der Waals surface area (Å²) in [7, 11) is 0. The van der Waals surface area contributed by atoms with Gasteiger partial charge in [-0.3, -0.25) is 0 Å². The highest BCUT2D eigenvalue weighted by Crippen LogP contribution is 2.54. The van der Waals surface area contributed by atoms with E-state index in [4.69, 9.17) is 0 Å². The molecule has 0 aromatic heterocycles. The third kappa shape index (κ3) is 1.78. The minimum atomic E-state index is -0.0558. The molecule has 1 fully saturated rings. The summed E-state index contributed by atoms with van der Waals surface area (Å²) in [6.07, 6.45) is 1.10. The molecule has 2 heteroatoms. The maximum absolute atomic E-state index is 13.7. The van der Waals surface area contributed by atoms with Crippen molar-refractivity contribution in [2.45, 2.75) is 25.7 Å². The summed E-state index contributed by atoms with van der Waals surface area (Å²) in [5, 5.41) is 3.34. The van der Waals surface area contributed by atoms with Crippen LogP contribution in [0.5, 0.6) is 0 Å². The Morgan fingerprint density at radius 3 is 2.67 bits per heavy atom. The van der Waals surface area contributed by atoms with Gasteiger partial charge in [-0.25, -0.2) is 4.39 Å². The molecule has 1 aliphatic rings. The molecule has 1 N–H and O–H groups in total. The number of hydrogen-bond acceptors (Lipinski definition) is 1. The monoisotopic (exact) mass is 207 g/mol. The standard InChI is InChI=1S/C13H18FN/c1-3-15-9-13(8-10(13)2)11-6-4-5-7-12(11)14/h4-7,10,15H,3,8-9H2,1-2H3. The van der Waals surface area contributed by atoms with E-state index in [2.05, 4.69) is 19.2 Å². The van der Waals surface area contributed by atoms with Crippen molar-refractivity contribution in [3.8, 4) is 0 Å². The first kappa shape index (κ1) is 10.6. The van der Waals surface area contributed by atoms with Gasteiger partial charge in [-0.2, -0.15) is 0 Å². The van der Waals surface area contributed by atoms with Gasteiger partial charge in [-0.15, -0.1) is 0 Å². The fourth-order valence-electron chi connectivity index (χ4n) is 2.42. The van der Waals surface area contributed by atoms with E-state index in [0.29, 0.717) is 5.92 Å². The van der Waals surface area contributed by atoms with Crippen LogP contribution in [0, 0.1) is 11.7 Å². The Kier molecular flexibility index (Phi) is 2.79. The zero-order valence-corrected chi connectivity index (χ0v) is 9.39. The van der Waals surface area contributed by atoms with Crippen LogP contribution in [0.25, 0.3) is 0 Å². The molecule has 15 heavy (non-hydrogen) atoms. The van der Waals surface area contributed by atoms with Crippen LogP contribution in [0.4, 0.5) is 4.39 Å². The van der Waals surface area contributed by atoms with Gasteiger partial charge in [0.05, 0.1) is 0 Å². The van der Waals surface area contributed by atoms with Crippen molar-refractivity contribution >= 4 is 0 Å². The van der Waals surface area contributed by atoms with Crippen molar-refractivity contribution in [1.82, 2.24) is 5.32 Å². The Bertz CT molecular complexity index is 350. The number of rotatable bonds is 4. The molecule has 1 nitrogen and oxygen atoms in total. The highest BCUT2D eigenvalue weighted by atomic mass is 19.1. The lowest BCUT2D eigenvalue weighted by Gasteiger charge is -2.18. The van der Waals surface area contributed by atoms with Gasteiger partial charge >= 0.3 is 0 Å². The smallest absolute Gasteiger partial charge is 0.127 e. The number of hydrogen-bond donors (Lipinski definition) is 1. The van der Waals surface area contributed by atoms with E-state index in [9.17, 15) is 4.39 Å². The van der Waals surface area contributed by atoms with Gasteiger partial charge in [-0.05, 0) is 30.5 Å². The zero-order valence-electron chi connectivity index (χ0n) is 9.39. The van der Waals surface area contributed by atoms with Gasteiger partial charge in [0.2, 0.25) is 0 Å². The van der Waals surface area contributed by atoms with Crippen molar-refractivity contribution in [2.75, 3.05) is 13.1 Å². The van der Waals surface area contributed by atoms with Crippen molar-refractivity contribution in [3.05, 3.63) is 35.6 Å². The summed E-state index contributed by atoms with van der Waals surface area (Å²) in [4.78, 5) is 0. The van der Waals surface area contributed by atoms with E-state index in [1.807, 2.05) is 12.1 Å². The third-order valence-corrected chi connectivity index (χ3v) is 3.55. The van der Waals surface area contributed by atoms with E-state index in [-0.39, 0.29) is 11.2 Å². The fourth-order valence-corrected chi connectivity index (χ4v) is 2.42. The molecule has 2 atom stereocenters. The Hall–Kier alpha value is -0.890. The molecule has 1 saturated carbocycles. The molecule has 1 aromatic rings. The van der Waals surface area contributed by atoms with E-state index in [1.165, 1.54) is 0 Å². The van der Waals surface area contributed by atoms with Crippen LogP contribution in [0.15, 0.2) is 24.3 Å². The van der Waals surface area contributed by atoms with Crippen LogP contribution in [0.3, 0.4) is 0 Å². The molecule has 0 heterocycles. The Morgan fingerprint density at radius 1 is 1.47 bits per heavy atom. The molecule has 2 rings (SSSR count). The molecule has 0 saturated heterocycles. The van der Waals surface area contributed by atoms with Crippen LogP contribution in [-0.2, 0) is 5.41 Å². The summed E-state index contributed by atoms with van der Waals surface area (Å²) >= 11 is 0. The lowest BCUT2D eigenvalue weighted by molar-refractivity contribution is 0.515. The van der Waals surface area contributed by atoms with Crippen molar-refractivity contribution in [1.29, 1.82) is 0 Å². The normalized spacial score (nSPS) is 29.1. The molecule has 0 bridgehead atoms. The van der Waals surface area contributed by atoms with Crippen LogP contribution < -0.4 is 5.32 Å². The second kappa shape index (κ2) is 3.93. The quantitative estimate of drug-likeness (QED) is 0.800. The average Bonchev–Trinajstić information content (AvgIpc) is 2.88. The fraction of sp³-hybridized carbons (Fsp3) is 0.538. The molecular weight excluding hydrogens is 189 g/mol. The first-order valence-corrected chi connectivity index (χ1v) is 5.66. The minimum Gasteiger partial charge on any atom is -0.316 e. The lowest BCUT2D eigenvalue weighted by Crippen LogP contribution is -2.28. The van der Waals surface area contributed by atoms with E-state index >= 15 is 0 Å². The van der Waals surface area contributed by atoms with Crippen molar-refractivity contribution < 1.29 is 4.39 Å². The number of nitrogens with one attached hydrogen (secondary N) is 1. The summed E-state index contributed by atoms with van der Waals surface area (Å²) in [6.45, 7) is 6.13. The van der Waals surface area contributed by atoms with Gasteiger partial charge in [0.25, 0.3) is 0 Å². The van der Waals surface area contributed by atoms with Crippen LogP contribution in [-0.4, -0.2) is 13.1 Å². The van der Waals surface area contributed by atoms with E-state index < -0.39 is 0 Å². The van der Waals surface area contributed by atoms with Crippen molar-refractivity contribution in [2.24, 2.45) is 5.92 Å². The maximum Gasteiger partial charge on any atom is 0.127 e. The van der Waals surface area contributed by atoms with Gasteiger partial charge in [0.15, 0.2) is 0 Å². The summed E-state index contributed by atoms with van der Waals surface area (Å²) in [6, 6.07) is 7.17. The number of benzene rings is 1. The molecule has 2 unspecified atom stereocenters. The topological polar surface area (TPSA) is 12.0 Å². The van der Waals surface area contributed by atoms with Crippen LogP contribution in [0.1, 0.15) is 25.8 Å². The largest absolute Gasteiger partial charge is 0.316 e. The summed E-state index contributed by atoms with van der Waals surface area (Å²) in [5.41, 5.74) is 0.944. The van der Waals surface area contributed by atoms with Crippen LogP contribution >= 0.6 is 0 Å². The lowest BCUT2D eigenvalue weighted by atomic mass is 9.93. The molecule has 1 aromatic carbocycles. The number of likely N-dealkylation sites (N-methyl/N-ethyl adjacent to an activating group) is 1. The predicted octanol–water partition coefficient (Wildman–Crippen LogP) is 2.71. The molecule has 0 spiro atoms. The first-order valence-electron chi connectivity index (χ1n) is 5.66. The minimum absolute atomic E-state index is 0.0558. The second-order valence-corrected chi connectivity index (χ2v) is 4.52. The SMILES string of the molecule is CCNCC1(c2ccccc2F)CC1C. The highest BCUT2D eigenvalue weighted by Gasteiger charge is 2.52. The third-order valence-electron chi connectivity index (χ3n) is 3.55. The highest BCUT2D eigenvalue weighted by molar-refractivity contribution is 5.35. The first-order chi connectivity index (χ1) is 7.20. The second-order valence-electron chi connectivity index (χ2n) is 4.52. The molecule has 0 aliphatic heterocycles. The zero-order chi connectivity index (χ0) is 10.9. The predicted molar refractivity (Wildman–Crippen MR) is 60.4 cm³/mol. The van der Waals surface area contributed by atoms with Gasteiger partial charge in [0, 0.05) is 12.0 Å². The van der Waals surface area contributed by atoms with E-state index in [1.54, 1.807) is 12.1 Å². The van der Waals surface area contributed by atoms with Crippen molar-refractivity contribution in [3.63, 3.8) is 0 Å². The average molecular weight is 207 g/mol. The van der Waals surface area contributed by atoms with Gasteiger partial charge in [0.1, 0.15) is 5.82 Å². The number of halogens is 1. The van der Waals surface area contributed by atoms with E-state index in [0.717, 1.165) is 25.1 Å². The van der Waals surface area contributed by atoms with Gasteiger partial charge in [-0.1, -0.05) is 32.0 Å². The Balaban J connectivity index is 2.24. The molecule has 0 radical (unpaired) electrons. The van der Waals surface area contributed by atoms with Gasteiger partial charge < -0.3 is 5.32 Å². The summed E-state index contributed by atoms with van der Waals surface area (Å²) < 4.78 is 13.7. The maximum atomic E-state index is 13.7. The molecular formula is C13H18FN. The molecule has 82 valence electrons. The Morgan fingerprint density at radius 2 is 2.13 bits per heavy atom. The Labute approximate surface area is 90.7 Å². The van der Waals surface area contributed by atoms with Crippen LogP contribution in [0.2, 0.25) is 0 Å².